The average Bonchev–Trinajstić information content (AvgIpc) is 2.19. The molecule has 4 heteroatoms. The fourth-order valence-corrected chi connectivity index (χ4v) is 1.54. The molecule has 82 valence electrons. The molecule has 3 nitrogen and oxygen atoms in total. The first kappa shape index (κ1) is 12.2. The Hall–Kier alpha value is -0.900. The summed E-state index contributed by atoms with van der Waals surface area (Å²) in [5.74, 6) is -0.123. The van der Waals surface area contributed by atoms with E-state index in [1.54, 1.807) is 24.3 Å². The van der Waals surface area contributed by atoms with Crippen LogP contribution >= 0.6 is 11.6 Å². The van der Waals surface area contributed by atoms with Gasteiger partial charge >= 0.3 is 0 Å². The molecule has 1 aromatic carbocycles. The van der Waals surface area contributed by atoms with Gasteiger partial charge in [-0.25, -0.2) is 0 Å². The minimum atomic E-state index is -0.608. The lowest BCUT2D eigenvalue weighted by atomic mass is 10.1. The second kappa shape index (κ2) is 5.85. The molecule has 0 heterocycles. The van der Waals surface area contributed by atoms with Gasteiger partial charge in [0, 0.05) is 19.2 Å². The minimum absolute atomic E-state index is 0.0328. The summed E-state index contributed by atoms with van der Waals surface area (Å²) in [6.45, 7) is 0.0328. The van der Waals surface area contributed by atoms with Crippen molar-refractivity contribution in [3.05, 3.63) is 34.9 Å². The number of methoxy groups -OCH3 is 2. The van der Waals surface area contributed by atoms with Crippen molar-refractivity contribution in [2.75, 3.05) is 20.8 Å². The molecule has 0 aromatic heterocycles. The molecule has 1 aromatic rings. The number of hydrogen-bond donors (Lipinski definition) is 0. The number of hydrogen-bond acceptors (Lipinski definition) is 3. The Labute approximate surface area is 93.9 Å². The van der Waals surface area contributed by atoms with E-state index in [2.05, 4.69) is 0 Å². The average molecular weight is 229 g/mol. The van der Waals surface area contributed by atoms with Crippen LogP contribution in [0.1, 0.15) is 11.7 Å². The largest absolute Gasteiger partial charge is 0.377 e. The number of carbonyl (C=O) groups excluding carboxylic acids is 1. The molecule has 15 heavy (non-hydrogen) atoms. The molecule has 1 rings (SSSR count). The first-order valence-corrected chi connectivity index (χ1v) is 4.86. The van der Waals surface area contributed by atoms with Crippen molar-refractivity contribution in [1.82, 2.24) is 0 Å². The van der Waals surface area contributed by atoms with Crippen LogP contribution in [-0.2, 0) is 14.3 Å². The van der Waals surface area contributed by atoms with E-state index >= 15 is 0 Å². The summed E-state index contributed by atoms with van der Waals surface area (Å²) in [5.41, 5.74) is 0.743. The third-order valence-electron chi connectivity index (χ3n) is 1.97. The number of ketones is 1. The standard InChI is InChI=1S/C11H13ClO3/c1-14-7-10(13)11(15-2)8-4-3-5-9(12)6-8/h3-6,11H,7H2,1-2H3. The highest BCUT2D eigenvalue weighted by Gasteiger charge is 2.19. The Morgan fingerprint density at radius 2 is 2.20 bits per heavy atom. The lowest BCUT2D eigenvalue weighted by Crippen LogP contribution is -2.19. The lowest BCUT2D eigenvalue weighted by Gasteiger charge is -2.14. The Balaban J connectivity index is 2.87. The maximum Gasteiger partial charge on any atom is 0.191 e. The van der Waals surface area contributed by atoms with Gasteiger partial charge in [-0.1, -0.05) is 23.7 Å². The van der Waals surface area contributed by atoms with Gasteiger partial charge in [0.2, 0.25) is 0 Å². The van der Waals surface area contributed by atoms with E-state index in [9.17, 15) is 4.79 Å². The molecule has 0 radical (unpaired) electrons. The fourth-order valence-electron chi connectivity index (χ4n) is 1.34. The van der Waals surface area contributed by atoms with Gasteiger partial charge in [0.15, 0.2) is 5.78 Å². The zero-order chi connectivity index (χ0) is 11.3. The van der Waals surface area contributed by atoms with Crippen molar-refractivity contribution in [3.63, 3.8) is 0 Å². The second-order valence-corrected chi connectivity index (χ2v) is 3.51. The predicted molar refractivity (Wildman–Crippen MR) is 58.1 cm³/mol. The van der Waals surface area contributed by atoms with E-state index in [1.165, 1.54) is 14.2 Å². The molecule has 0 saturated carbocycles. The molecule has 0 aliphatic heterocycles. The van der Waals surface area contributed by atoms with Gasteiger partial charge in [0.1, 0.15) is 12.7 Å². The van der Waals surface area contributed by atoms with Crippen LogP contribution in [0.15, 0.2) is 24.3 Å². The van der Waals surface area contributed by atoms with Crippen molar-refractivity contribution in [3.8, 4) is 0 Å². The van der Waals surface area contributed by atoms with Crippen LogP contribution < -0.4 is 0 Å². The van der Waals surface area contributed by atoms with Crippen LogP contribution in [0, 0.1) is 0 Å². The van der Waals surface area contributed by atoms with Crippen molar-refractivity contribution in [1.29, 1.82) is 0 Å². The molecule has 0 spiro atoms. The summed E-state index contributed by atoms with van der Waals surface area (Å²) in [6, 6.07) is 7.04. The predicted octanol–water partition coefficient (Wildman–Crippen LogP) is 2.24. The molecule has 0 aliphatic rings. The van der Waals surface area contributed by atoms with Crippen LogP contribution in [0.4, 0.5) is 0 Å². The van der Waals surface area contributed by atoms with Gasteiger partial charge in [-0.05, 0) is 17.7 Å². The zero-order valence-electron chi connectivity index (χ0n) is 8.70. The molecular weight excluding hydrogens is 216 g/mol. The molecule has 0 saturated heterocycles. The molecule has 0 bridgehead atoms. The lowest BCUT2D eigenvalue weighted by molar-refractivity contribution is -0.132. The second-order valence-electron chi connectivity index (χ2n) is 3.07. The highest BCUT2D eigenvalue weighted by molar-refractivity contribution is 6.30. The van der Waals surface area contributed by atoms with Gasteiger partial charge in [0.25, 0.3) is 0 Å². The Morgan fingerprint density at radius 1 is 1.47 bits per heavy atom. The van der Waals surface area contributed by atoms with E-state index in [0.717, 1.165) is 5.56 Å². The number of Topliss-reactive ketones (excluding diaryl/α,β-unsaturated/α-hetero) is 1. The van der Waals surface area contributed by atoms with Gasteiger partial charge in [-0.2, -0.15) is 0 Å². The van der Waals surface area contributed by atoms with E-state index in [0.29, 0.717) is 5.02 Å². The minimum Gasteiger partial charge on any atom is -0.377 e. The molecule has 0 fully saturated rings. The third-order valence-corrected chi connectivity index (χ3v) is 2.20. The smallest absolute Gasteiger partial charge is 0.191 e. The number of benzene rings is 1. The molecule has 0 aliphatic carbocycles. The number of rotatable bonds is 5. The summed E-state index contributed by atoms with van der Waals surface area (Å²) in [5, 5.41) is 0.583. The highest BCUT2D eigenvalue weighted by Crippen LogP contribution is 2.21. The topological polar surface area (TPSA) is 35.5 Å². The summed E-state index contributed by atoms with van der Waals surface area (Å²) in [6.07, 6.45) is -0.608. The van der Waals surface area contributed by atoms with E-state index in [1.807, 2.05) is 0 Å². The Morgan fingerprint density at radius 3 is 2.73 bits per heavy atom. The molecule has 0 N–H and O–H groups in total. The van der Waals surface area contributed by atoms with Crippen molar-refractivity contribution in [2.24, 2.45) is 0 Å². The van der Waals surface area contributed by atoms with E-state index < -0.39 is 6.10 Å². The number of carbonyl (C=O) groups is 1. The summed E-state index contributed by atoms with van der Waals surface area (Å²) < 4.78 is 9.89. The summed E-state index contributed by atoms with van der Waals surface area (Å²) >= 11 is 5.83. The van der Waals surface area contributed by atoms with Crippen LogP contribution in [0.25, 0.3) is 0 Å². The normalized spacial score (nSPS) is 12.5. The highest BCUT2D eigenvalue weighted by atomic mass is 35.5. The van der Waals surface area contributed by atoms with Gasteiger partial charge in [-0.15, -0.1) is 0 Å². The van der Waals surface area contributed by atoms with Crippen molar-refractivity contribution >= 4 is 17.4 Å². The SMILES string of the molecule is COCC(=O)C(OC)c1cccc(Cl)c1. The first-order valence-electron chi connectivity index (χ1n) is 4.49. The van der Waals surface area contributed by atoms with E-state index in [4.69, 9.17) is 21.1 Å². The van der Waals surface area contributed by atoms with Gasteiger partial charge < -0.3 is 9.47 Å². The van der Waals surface area contributed by atoms with Crippen LogP contribution in [0.5, 0.6) is 0 Å². The molecular formula is C11H13ClO3. The van der Waals surface area contributed by atoms with Crippen LogP contribution in [0.2, 0.25) is 5.02 Å². The maximum atomic E-state index is 11.6. The monoisotopic (exact) mass is 228 g/mol. The first-order chi connectivity index (χ1) is 7.19. The van der Waals surface area contributed by atoms with Crippen LogP contribution in [0.3, 0.4) is 0 Å². The Kier molecular flexibility index (Phi) is 4.75. The zero-order valence-corrected chi connectivity index (χ0v) is 9.45. The quantitative estimate of drug-likeness (QED) is 0.776. The fraction of sp³-hybridized carbons (Fsp3) is 0.364. The van der Waals surface area contributed by atoms with Gasteiger partial charge in [0.05, 0.1) is 0 Å². The summed E-state index contributed by atoms with van der Waals surface area (Å²) in [7, 11) is 2.96. The maximum absolute atomic E-state index is 11.6. The van der Waals surface area contributed by atoms with Gasteiger partial charge in [-0.3, -0.25) is 4.79 Å². The summed E-state index contributed by atoms with van der Waals surface area (Å²) in [4.78, 5) is 11.6. The molecule has 0 amide bonds. The van der Waals surface area contributed by atoms with E-state index in [-0.39, 0.29) is 12.4 Å². The van der Waals surface area contributed by atoms with Crippen molar-refractivity contribution in [2.45, 2.75) is 6.10 Å². The van der Waals surface area contributed by atoms with Crippen LogP contribution in [-0.4, -0.2) is 26.6 Å². The number of ether oxygens (including phenoxy) is 2. The molecule has 1 atom stereocenters. The molecule has 1 unspecified atom stereocenters. The Bertz CT molecular complexity index is 338. The third kappa shape index (κ3) is 3.30. The number of halogens is 1. The van der Waals surface area contributed by atoms with Crippen molar-refractivity contribution < 1.29 is 14.3 Å².